The van der Waals surface area contributed by atoms with Crippen LogP contribution < -0.4 is 0 Å². The van der Waals surface area contributed by atoms with Crippen molar-refractivity contribution in [3.8, 4) is 0 Å². The summed E-state index contributed by atoms with van der Waals surface area (Å²) in [6, 6.07) is 2.52. The Bertz CT molecular complexity index is 479. The number of carboxylic acid groups (broad SMARTS) is 1. The lowest BCUT2D eigenvalue weighted by atomic mass is 10.00. The van der Waals surface area contributed by atoms with E-state index in [1.54, 1.807) is 12.3 Å². The van der Waals surface area contributed by atoms with E-state index >= 15 is 0 Å². The van der Waals surface area contributed by atoms with Crippen molar-refractivity contribution in [2.75, 3.05) is 6.54 Å². The summed E-state index contributed by atoms with van der Waals surface area (Å²) in [4.78, 5) is 17.5. The second-order valence-electron chi connectivity index (χ2n) is 5.70. The highest BCUT2D eigenvalue weighted by Crippen LogP contribution is 2.26. The van der Waals surface area contributed by atoms with Crippen LogP contribution in [0.15, 0.2) is 18.3 Å². The summed E-state index contributed by atoms with van der Waals surface area (Å²) in [5.41, 5.74) is 0.428. The number of halogens is 1. The molecule has 1 aliphatic rings. The Morgan fingerprint density at radius 1 is 1.60 bits per heavy atom. The van der Waals surface area contributed by atoms with Gasteiger partial charge in [-0.05, 0) is 37.4 Å². The summed E-state index contributed by atoms with van der Waals surface area (Å²) in [6.07, 6.45) is 3.90. The average molecular weight is 280 g/mol. The number of rotatable bonds is 5. The van der Waals surface area contributed by atoms with Gasteiger partial charge < -0.3 is 5.11 Å². The third-order valence-corrected chi connectivity index (χ3v) is 3.93. The van der Waals surface area contributed by atoms with E-state index in [1.165, 1.54) is 6.07 Å². The van der Waals surface area contributed by atoms with Gasteiger partial charge in [-0.15, -0.1) is 0 Å². The first-order chi connectivity index (χ1) is 9.50. The number of likely N-dealkylation sites (tertiary alicyclic amines) is 1. The first-order valence-electron chi connectivity index (χ1n) is 7.08. The third-order valence-electron chi connectivity index (χ3n) is 3.93. The van der Waals surface area contributed by atoms with Crippen molar-refractivity contribution in [3.63, 3.8) is 0 Å². The average Bonchev–Trinajstić information content (AvgIpc) is 2.79. The number of aromatic nitrogens is 1. The fraction of sp³-hybridized carbons (Fsp3) is 0.600. The Balaban J connectivity index is 2.15. The van der Waals surface area contributed by atoms with Crippen molar-refractivity contribution in [1.29, 1.82) is 0 Å². The molecule has 0 radical (unpaired) electrons. The zero-order chi connectivity index (χ0) is 14.7. The first kappa shape index (κ1) is 14.9. The SMILES string of the molecule is CC(C)C(C(=O)O)N1CCCC1Cc1ncccc1F. The zero-order valence-electron chi connectivity index (χ0n) is 11.9. The molecule has 0 aliphatic carbocycles. The van der Waals surface area contributed by atoms with E-state index in [1.807, 2.05) is 18.7 Å². The molecule has 20 heavy (non-hydrogen) atoms. The molecule has 110 valence electrons. The first-order valence-corrected chi connectivity index (χ1v) is 7.08. The molecule has 2 atom stereocenters. The van der Waals surface area contributed by atoms with Gasteiger partial charge in [0.1, 0.15) is 11.9 Å². The fourth-order valence-corrected chi connectivity index (χ4v) is 3.05. The minimum absolute atomic E-state index is 0.0293. The molecule has 0 spiro atoms. The van der Waals surface area contributed by atoms with Gasteiger partial charge in [-0.3, -0.25) is 14.7 Å². The Morgan fingerprint density at radius 2 is 2.35 bits per heavy atom. The number of hydrogen-bond acceptors (Lipinski definition) is 3. The third kappa shape index (κ3) is 3.15. The van der Waals surface area contributed by atoms with E-state index in [4.69, 9.17) is 0 Å². The van der Waals surface area contributed by atoms with Crippen molar-refractivity contribution >= 4 is 5.97 Å². The molecule has 0 amide bonds. The summed E-state index contributed by atoms with van der Waals surface area (Å²) in [7, 11) is 0. The van der Waals surface area contributed by atoms with Crippen molar-refractivity contribution < 1.29 is 14.3 Å². The number of pyridine rings is 1. The van der Waals surface area contributed by atoms with Crippen molar-refractivity contribution in [3.05, 3.63) is 29.8 Å². The molecule has 1 aromatic rings. The Kier molecular flexibility index (Phi) is 4.70. The van der Waals surface area contributed by atoms with E-state index < -0.39 is 12.0 Å². The van der Waals surface area contributed by atoms with Crippen LogP contribution in [0.25, 0.3) is 0 Å². The summed E-state index contributed by atoms with van der Waals surface area (Å²) >= 11 is 0. The van der Waals surface area contributed by atoms with Crippen LogP contribution in [0.1, 0.15) is 32.4 Å². The maximum Gasteiger partial charge on any atom is 0.321 e. The predicted molar refractivity (Wildman–Crippen MR) is 73.9 cm³/mol. The van der Waals surface area contributed by atoms with E-state index in [9.17, 15) is 14.3 Å². The van der Waals surface area contributed by atoms with E-state index in [0.29, 0.717) is 12.1 Å². The Labute approximate surface area is 118 Å². The lowest BCUT2D eigenvalue weighted by Gasteiger charge is -2.32. The number of carboxylic acids is 1. The van der Waals surface area contributed by atoms with Gasteiger partial charge >= 0.3 is 5.97 Å². The molecular formula is C15H21FN2O2. The highest BCUT2D eigenvalue weighted by atomic mass is 19.1. The lowest BCUT2D eigenvalue weighted by molar-refractivity contribution is -0.145. The number of aliphatic carboxylic acids is 1. The Hall–Kier alpha value is -1.49. The molecule has 2 unspecified atom stereocenters. The van der Waals surface area contributed by atoms with Gasteiger partial charge in [-0.2, -0.15) is 0 Å². The van der Waals surface area contributed by atoms with Crippen LogP contribution in [-0.4, -0.2) is 39.6 Å². The van der Waals surface area contributed by atoms with Gasteiger partial charge in [0.15, 0.2) is 0 Å². The summed E-state index contributed by atoms with van der Waals surface area (Å²) in [6.45, 7) is 4.58. The fourth-order valence-electron chi connectivity index (χ4n) is 3.05. The summed E-state index contributed by atoms with van der Waals surface area (Å²) in [5.74, 6) is -1.08. The van der Waals surface area contributed by atoms with Crippen LogP contribution >= 0.6 is 0 Å². The molecule has 1 N–H and O–H groups in total. The molecule has 2 heterocycles. The minimum atomic E-state index is -0.798. The maximum atomic E-state index is 13.7. The lowest BCUT2D eigenvalue weighted by Crippen LogP contribution is -2.48. The van der Waals surface area contributed by atoms with Gasteiger partial charge in [0, 0.05) is 18.7 Å². The molecule has 5 heteroatoms. The van der Waals surface area contributed by atoms with Gasteiger partial charge in [0.2, 0.25) is 0 Å². The molecular weight excluding hydrogens is 259 g/mol. The van der Waals surface area contributed by atoms with E-state index in [-0.39, 0.29) is 17.8 Å². The van der Waals surface area contributed by atoms with Gasteiger partial charge in [-0.1, -0.05) is 13.8 Å². The second-order valence-corrected chi connectivity index (χ2v) is 5.70. The van der Waals surface area contributed by atoms with Gasteiger partial charge in [-0.25, -0.2) is 4.39 Å². The van der Waals surface area contributed by atoms with Crippen LogP contribution in [0.2, 0.25) is 0 Å². The van der Waals surface area contributed by atoms with Crippen LogP contribution in [0.5, 0.6) is 0 Å². The molecule has 0 saturated carbocycles. The second kappa shape index (κ2) is 6.31. The molecule has 2 rings (SSSR count). The van der Waals surface area contributed by atoms with Crippen molar-refractivity contribution in [2.24, 2.45) is 5.92 Å². The Morgan fingerprint density at radius 3 is 2.95 bits per heavy atom. The number of hydrogen-bond donors (Lipinski definition) is 1. The monoisotopic (exact) mass is 280 g/mol. The van der Waals surface area contributed by atoms with Gasteiger partial charge in [0.25, 0.3) is 0 Å². The van der Waals surface area contributed by atoms with E-state index in [2.05, 4.69) is 4.98 Å². The highest BCUT2D eigenvalue weighted by molar-refractivity contribution is 5.73. The largest absolute Gasteiger partial charge is 0.480 e. The molecule has 0 bridgehead atoms. The summed E-state index contributed by atoms with van der Waals surface area (Å²) < 4.78 is 13.7. The maximum absolute atomic E-state index is 13.7. The minimum Gasteiger partial charge on any atom is -0.480 e. The molecule has 0 aromatic carbocycles. The molecule has 1 fully saturated rings. The van der Waals surface area contributed by atoms with Crippen LogP contribution in [-0.2, 0) is 11.2 Å². The highest BCUT2D eigenvalue weighted by Gasteiger charge is 2.36. The number of carbonyl (C=O) groups is 1. The summed E-state index contributed by atoms with van der Waals surface area (Å²) in [5, 5.41) is 9.41. The molecule has 1 aromatic heterocycles. The number of nitrogens with zero attached hydrogens (tertiary/aromatic N) is 2. The van der Waals surface area contributed by atoms with Gasteiger partial charge in [0.05, 0.1) is 5.69 Å². The molecule has 4 nitrogen and oxygen atoms in total. The van der Waals surface area contributed by atoms with Crippen molar-refractivity contribution in [1.82, 2.24) is 9.88 Å². The van der Waals surface area contributed by atoms with Crippen LogP contribution in [0, 0.1) is 11.7 Å². The van der Waals surface area contributed by atoms with Crippen LogP contribution in [0.4, 0.5) is 4.39 Å². The molecule has 1 aliphatic heterocycles. The quantitative estimate of drug-likeness (QED) is 0.899. The van der Waals surface area contributed by atoms with Crippen molar-refractivity contribution in [2.45, 2.75) is 45.2 Å². The zero-order valence-corrected chi connectivity index (χ0v) is 11.9. The van der Waals surface area contributed by atoms with E-state index in [0.717, 1.165) is 19.4 Å². The smallest absolute Gasteiger partial charge is 0.321 e. The molecule has 1 saturated heterocycles. The normalized spacial score (nSPS) is 21.3. The predicted octanol–water partition coefficient (Wildman–Crippen LogP) is 2.34. The van der Waals surface area contributed by atoms with Crippen LogP contribution in [0.3, 0.4) is 0 Å². The standard InChI is InChI=1S/C15H21FN2O2/c1-10(2)14(15(19)20)18-8-4-5-11(18)9-13-12(16)6-3-7-17-13/h3,6-7,10-11,14H,4-5,8-9H2,1-2H3,(H,19,20). The topological polar surface area (TPSA) is 53.4 Å².